The summed E-state index contributed by atoms with van der Waals surface area (Å²) in [4.78, 5) is 14.8. The zero-order valence-corrected chi connectivity index (χ0v) is 15.2. The van der Waals surface area contributed by atoms with E-state index in [0.29, 0.717) is 5.41 Å². The van der Waals surface area contributed by atoms with Crippen molar-refractivity contribution in [3.63, 3.8) is 0 Å². The summed E-state index contributed by atoms with van der Waals surface area (Å²) in [6.45, 7) is 3.95. The summed E-state index contributed by atoms with van der Waals surface area (Å²) in [6.07, 6.45) is 4.82. The molecule has 0 radical (unpaired) electrons. The highest BCUT2D eigenvalue weighted by molar-refractivity contribution is 9.11. The first kappa shape index (κ1) is 15.5. The van der Waals surface area contributed by atoms with E-state index >= 15 is 0 Å². The van der Waals surface area contributed by atoms with Gasteiger partial charge in [-0.2, -0.15) is 0 Å². The fourth-order valence-corrected chi connectivity index (χ4v) is 4.91. The van der Waals surface area contributed by atoms with Gasteiger partial charge < -0.3 is 10.2 Å². The van der Waals surface area contributed by atoms with E-state index in [4.69, 9.17) is 0 Å². The van der Waals surface area contributed by atoms with Crippen LogP contribution in [0.3, 0.4) is 0 Å². The maximum atomic E-state index is 12.8. The Hall–Kier alpha value is -0.390. The number of piperidine rings is 2. The molecule has 1 amide bonds. The number of hydrogen-bond donors (Lipinski definition) is 1. The van der Waals surface area contributed by atoms with E-state index in [1.54, 1.807) is 0 Å². The van der Waals surface area contributed by atoms with Gasteiger partial charge in [0.05, 0.1) is 0 Å². The summed E-state index contributed by atoms with van der Waals surface area (Å²) in [5.41, 5.74) is 1.06. The van der Waals surface area contributed by atoms with Gasteiger partial charge in [0.15, 0.2) is 0 Å². The Labute approximate surface area is 142 Å². The first-order chi connectivity index (χ1) is 10.1. The molecule has 1 aromatic carbocycles. The van der Waals surface area contributed by atoms with Crippen LogP contribution in [0.4, 0.5) is 0 Å². The highest BCUT2D eigenvalue weighted by Crippen LogP contribution is 2.36. The maximum absolute atomic E-state index is 12.8. The molecule has 1 aromatic rings. The number of carbonyl (C=O) groups is 1. The highest BCUT2D eigenvalue weighted by atomic mass is 79.9. The lowest BCUT2D eigenvalue weighted by Gasteiger charge is -2.45. The summed E-state index contributed by atoms with van der Waals surface area (Å²) in [6, 6.07) is 5.78. The Morgan fingerprint density at radius 3 is 2.52 bits per heavy atom. The van der Waals surface area contributed by atoms with Gasteiger partial charge in [-0.05, 0) is 50.4 Å². The second-order valence-corrected chi connectivity index (χ2v) is 8.10. The Morgan fingerprint density at radius 2 is 1.86 bits per heavy atom. The van der Waals surface area contributed by atoms with E-state index in [9.17, 15) is 4.79 Å². The molecule has 0 aromatic heterocycles. The molecule has 2 heterocycles. The molecule has 1 N–H and O–H groups in total. The third-order valence-electron chi connectivity index (χ3n) is 4.62. The Kier molecular flexibility index (Phi) is 4.71. The van der Waals surface area contributed by atoms with Crippen LogP contribution in [0, 0.1) is 5.41 Å². The molecule has 1 atom stereocenters. The van der Waals surface area contributed by atoms with Crippen molar-refractivity contribution < 1.29 is 4.79 Å². The number of nitrogens with one attached hydrogen (secondary N) is 1. The smallest absolute Gasteiger partial charge is 0.253 e. The summed E-state index contributed by atoms with van der Waals surface area (Å²) in [5, 5.41) is 3.51. The molecule has 5 heteroatoms. The predicted molar refractivity (Wildman–Crippen MR) is 91.5 cm³/mol. The van der Waals surface area contributed by atoms with E-state index in [-0.39, 0.29) is 5.91 Å². The Balaban J connectivity index is 1.77. The number of rotatable bonds is 1. The van der Waals surface area contributed by atoms with E-state index < -0.39 is 0 Å². The van der Waals surface area contributed by atoms with Gasteiger partial charge in [0, 0.05) is 39.6 Å². The molecular weight excluding hydrogens is 396 g/mol. The zero-order chi connectivity index (χ0) is 14.9. The second kappa shape index (κ2) is 6.39. The van der Waals surface area contributed by atoms with E-state index in [1.165, 1.54) is 19.3 Å². The normalized spacial score (nSPS) is 26.1. The number of benzene rings is 1. The Bertz CT molecular complexity index is 515. The molecule has 0 saturated carbocycles. The summed E-state index contributed by atoms with van der Waals surface area (Å²) in [5.74, 6) is 0.154. The SMILES string of the molecule is O=C(c1cc(Br)cc(Br)c1)N1CCCC2(CCCNC2)C1. The minimum absolute atomic E-state index is 0.154. The van der Waals surface area contributed by atoms with Crippen LogP contribution in [0.25, 0.3) is 0 Å². The minimum atomic E-state index is 0.154. The quantitative estimate of drug-likeness (QED) is 0.756. The van der Waals surface area contributed by atoms with Crippen molar-refractivity contribution in [1.82, 2.24) is 10.2 Å². The fraction of sp³-hybridized carbons (Fsp3) is 0.562. The van der Waals surface area contributed by atoms with Crippen molar-refractivity contribution in [2.75, 3.05) is 26.2 Å². The van der Waals surface area contributed by atoms with Crippen molar-refractivity contribution in [3.05, 3.63) is 32.7 Å². The third-order valence-corrected chi connectivity index (χ3v) is 5.53. The first-order valence-electron chi connectivity index (χ1n) is 7.54. The molecule has 3 rings (SSSR count). The maximum Gasteiger partial charge on any atom is 0.253 e. The standard InChI is InChI=1S/C16H20Br2N2O/c17-13-7-12(8-14(18)9-13)15(21)20-6-2-4-16(11-20)3-1-5-19-10-16/h7-9,19H,1-6,10-11H2. The number of nitrogens with zero attached hydrogens (tertiary/aromatic N) is 1. The van der Waals surface area contributed by atoms with Crippen molar-refractivity contribution in [1.29, 1.82) is 0 Å². The van der Waals surface area contributed by atoms with Gasteiger partial charge in [-0.3, -0.25) is 4.79 Å². The average molecular weight is 416 g/mol. The van der Waals surface area contributed by atoms with Crippen molar-refractivity contribution >= 4 is 37.8 Å². The first-order valence-corrected chi connectivity index (χ1v) is 9.13. The van der Waals surface area contributed by atoms with Crippen LogP contribution in [-0.2, 0) is 0 Å². The summed E-state index contributed by atoms with van der Waals surface area (Å²) in [7, 11) is 0. The van der Waals surface area contributed by atoms with E-state index in [1.807, 2.05) is 23.1 Å². The van der Waals surface area contributed by atoms with Gasteiger partial charge in [0.25, 0.3) is 5.91 Å². The largest absolute Gasteiger partial charge is 0.338 e. The van der Waals surface area contributed by atoms with Crippen LogP contribution in [-0.4, -0.2) is 37.0 Å². The van der Waals surface area contributed by atoms with Crippen LogP contribution in [0.1, 0.15) is 36.0 Å². The highest BCUT2D eigenvalue weighted by Gasteiger charge is 2.38. The molecule has 21 heavy (non-hydrogen) atoms. The van der Waals surface area contributed by atoms with Crippen LogP contribution < -0.4 is 5.32 Å². The van der Waals surface area contributed by atoms with Crippen molar-refractivity contribution in [2.45, 2.75) is 25.7 Å². The van der Waals surface area contributed by atoms with Gasteiger partial charge in [0.1, 0.15) is 0 Å². The predicted octanol–water partition coefficient (Wildman–Crippen LogP) is 3.82. The van der Waals surface area contributed by atoms with E-state index in [0.717, 1.165) is 47.1 Å². The fourth-order valence-electron chi connectivity index (χ4n) is 3.62. The monoisotopic (exact) mass is 414 g/mol. The minimum Gasteiger partial charge on any atom is -0.338 e. The summed E-state index contributed by atoms with van der Waals surface area (Å²) >= 11 is 6.93. The lowest BCUT2D eigenvalue weighted by atomic mass is 9.74. The van der Waals surface area contributed by atoms with Gasteiger partial charge in [-0.15, -0.1) is 0 Å². The number of likely N-dealkylation sites (tertiary alicyclic amines) is 1. The van der Waals surface area contributed by atoms with Gasteiger partial charge in [0.2, 0.25) is 0 Å². The molecule has 3 nitrogen and oxygen atoms in total. The molecule has 2 aliphatic rings. The van der Waals surface area contributed by atoms with Gasteiger partial charge in [-0.25, -0.2) is 0 Å². The van der Waals surface area contributed by atoms with Crippen LogP contribution in [0.2, 0.25) is 0 Å². The molecular formula is C16H20Br2N2O. The molecule has 1 spiro atoms. The average Bonchev–Trinajstić information content (AvgIpc) is 2.46. The molecule has 0 bridgehead atoms. The molecule has 2 fully saturated rings. The molecule has 2 saturated heterocycles. The lowest BCUT2D eigenvalue weighted by molar-refractivity contribution is 0.0434. The third kappa shape index (κ3) is 3.51. The molecule has 2 aliphatic heterocycles. The van der Waals surface area contributed by atoms with Crippen molar-refractivity contribution in [3.8, 4) is 0 Å². The summed E-state index contributed by atoms with van der Waals surface area (Å²) < 4.78 is 1.87. The number of hydrogen-bond acceptors (Lipinski definition) is 2. The van der Waals surface area contributed by atoms with Gasteiger partial charge in [-0.1, -0.05) is 31.9 Å². The molecule has 0 aliphatic carbocycles. The van der Waals surface area contributed by atoms with Gasteiger partial charge >= 0.3 is 0 Å². The lowest BCUT2D eigenvalue weighted by Crippen LogP contribution is -2.52. The van der Waals surface area contributed by atoms with Crippen molar-refractivity contribution in [2.24, 2.45) is 5.41 Å². The zero-order valence-electron chi connectivity index (χ0n) is 12.0. The number of carbonyl (C=O) groups excluding carboxylic acids is 1. The van der Waals surface area contributed by atoms with Crippen LogP contribution >= 0.6 is 31.9 Å². The molecule has 114 valence electrons. The topological polar surface area (TPSA) is 32.3 Å². The second-order valence-electron chi connectivity index (χ2n) is 6.27. The van der Waals surface area contributed by atoms with E-state index in [2.05, 4.69) is 37.2 Å². The number of halogens is 2. The number of amides is 1. The molecule has 1 unspecified atom stereocenters. The van der Waals surface area contributed by atoms with Crippen LogP contribution in [0.15, 0.2) is 27.1 Å². The van der Waals surface area contributed by atoms with Crippen LogP contribution in [0.5, 0.6) is 0 Å². The Morgan fingerprint density at radius 1 is 1.14 bits per heavy atom.